The molecule has 8 heteroatoms. The Balaban J connectivity index is 1.77. The minimum atomic E-state index is -0.272. The lowest BCUT2D eigenvalue weighted by atomic mass is 10.4. The standard InChI is InChI=1S/C11H9N5O2S/c1-16-5-4-7(15-16)10-13-14-11(18-10)12-9(17)8-3-2-6-19-8/h2-6H,1H3,(H,12,14,17). The summed E-state index contributed by atoms with van der Waals surface area (Å²) in [6, 6.07) is 5.32. The molecule has 96 valence electrons. The largest absolute Gasteiger partial charge is 0.401 e. The van der Waals surface area contributed by atoms with Crippen LogP contribution in [0.1, 0.15) is 9.67 Å². The zero-order valence-corrected chi connectivity index (χ0v) is 10.7. The number of aromatic nitrogens is 4. The molecular formula is C11H9N5O2S. The van der Waals surface area contributed by atoms with Crippen LogP contribution in [0.15, 0.2) is 34.2 Å². The smallest absolute Gasteiger partial charge is 0.322 e. The van der Waals surface area contributed by atoms with Crippen molar-refractivity contribution in [1.82, 2.24) is 20.0 Å². The highest BCUT2D eigenvalue weighted by atomic mass is 32.1. The number of amides is 1. The number of aryl methyl sites for hydroxylation is 1. The van der Waals surface area contributed by atoms with Gasteiger partial charge in [-0.15, -0.1) is 16.4 Å². The maximum absolute atomic E-state index is 11.8. The van der Waals surface area contributed by atoms with E-state index in [1.54, 1.807) is 36.1 Å². The summed E-state index contributed by atoms with van der Waals surface area (Å²) in [6.45, 7) is 0. The molecule has 7 nitrogen and oxygen atoms in total. The lowest BCUT2D eigenvalue weighted by Crippen LogP contribution is -2.10. The Labute approximate surface area is 111 Å². The van der Waals surface area contributed by atoms with Gasteiger partial charge in [-0.2, -0.15) is 5.10 Å². The van der Waals surface area contributed by atoms with Crippen molar-refractivity contribution in [2.75, 3.05) is 5.32 Å². The van der Waals surface area contributed by atoms with E-state index in [4.69, 9.17) is 4.42 Å². The quantitative estimate of drug-likeness (QED) is 0.787. The Morgan fingerprint density at radius 2 is 2.32 bits per heavy atom. The first kappa shape index (κ1) is 11.6. The van der Waals surface area contributed by atoms with E-state index < -0.39 is 0 Å². The third kappa shape index (κ3) is 2.38. The Hall–Kier alpha value is -2.48. The average Bonchev–Trinajstić information content (AvgIpc) is 3.07. The predicted octanol–water partition coefficient (Wildman–Crippen LogP) is 1.78. The van der Waals surface area contributed by atoms with E-state index >= 15 is 0 Å². The van der Waals surface area contributed by atoms with Crippen LogP contribution in [0.2, 0.25) is 0 Å². The summed E-state index contributed by atoms with van der Waals surface area (Å²) in [5.41, 5.74) is 0.562. The second kappa shape index (κ2) is 4.65. The van der Waals surface area contributed by atoms with E-state index in [2.05, 4.69) is 20.6 Å². The second-order valence-electron chi connectivity index (χ2n) is 3.72. The van der Waals surface area contributed by atoms with Gasteiger partial charge in [0, 0.05) is 13.2 Å². The summed E-state index contributed by atoms with van der Waals surface area (Å²) in [5.74, 6) is -0.00620. The van der Waals surface area contributed by atoms with Gasteiger partial charge in [-0.25, -0.2) is 0 Å². The first-order valence-electron chi connectivity index (χ1n) is 5.41. The fourth-order valence-corrected chi connectivity index (χ4v) is 2.09. The van der Waals surface area contributed by atoms with Gasteiger partial charge in [0.2, 0.25) is 0 Å². The molecule has 1 amide bonds. The van der Waals surface area contributed by atoms with Crippen molar-refractivity contribution in [1.29, 1.82) is 0 Å². The minimum absolute atomic E-state index is 0.0547. The monoisotopic (exact) mass is 275 g/mol. The number of hydrogen-bond acceptors (Lipinski definition) is 6. The number of anilines is 1. The Morgan fingerprint density at radius 1 is 1.42 bits per heavy atom. The van der Waals surface area contributed by atoms with Crippen LogP contribution >= 0.6 is 11.3 Å². The van der Waals surface area contributed by atoms with Crippen molar-refractivity contribution < 1.29 is 9.21 Å². The molecular weight excluding hydrogens is 266 g/mol. The summed E-state index contributed by atoms with van der Waals surface area (Å²) in [6.07, 6.45) is 1.77. The number of thiophene rings is 1. The minimum Gasteiger partial charge on any atom is -0.401 e. The van der Waals surface area contributed by atoms with Gasteiger partial charge in [0.1, 0.15) is 5.69 Å². The van der Waals surface area contributed by atoms with Gasteiger partial charge in [0.05, 0.1) is 4.88 Å². The van der Waals surface area contributed by atoms with Gasteiger partial charge < -0.3 is 4.42 Å². The van der Waals surface area contributed by atoms with Crippen LogP contribution in [0.4, 0.5) is 6.01 Å². The molecule has 0 bridgehead atoms. The second-order valence-corrected chi connectivity index (χ2v) is 4.67. The summed E-state index contributed by atoms with van der Waals surface area (Å²) in [5, 5.41) is 16.1. The van der Waals surface area contributed by atoms with E-state index in [-0.39, 0.29) is 17.8 Å². The molecule has 3 aromatic heterocycles. The van der Waals surface area contributed by atoms with Gasteiger partial charge >= 0.3 is 6.01 Å². The molecule has 0 aromatic carbocycles. The molecule has 0 saturated heterocycles. The fraction of sp³-hybridized carbons (Fsp3) is 0.0909. The van der Waals surface area contributed by atoms with Gasteiger partial charge in [-0.1, -0.05) is 11.2 Å². The normalized spacial score (nSPS) is 10.6. The number of nitrogens with zero attached hydrogens (tertiary/aromatic N) is 4. The molecule has 0 aliphatic rings. The number of nitrogens with one attached hydrogen (secondary N) is 1. The van der Waals surface area contributed by atoms with Crippen molar-refractivity contribution in [3.05, 3.63) is 34.7 Å². The van der Waals surface area contributed by atoms with E-state index in [0.717, 1.165) is 0 Å². The number of hydrogen-bond donors (Lipinski definition) is 1. The van der Waals surface area contributed by atoms with Gasteiger partial charge in [-0.05, 0) is 17.5 Å². The van der Waals surface area contributed by atoms with Crippen LogP contribution in [0, 0.1) is 0 Å². The summed E-state index contributed by atoms with van der Waals surface area (Å²) >= 11 is 1.34. The highest BCUT2D eigenvalue weighted by molar-refractivity contribution is 7.12. The molecule has 3 heterocycles. The Morgan fingerprint density at radius 3 is 3.00 bits per heavy atom. The molecule has 0 saturated carbocycles. The molecule has 0 fully saturated rings. The van der Waals surface area contributed by atoms with E-state index in [9.17, 15) is 4.79 Å². The summed E-state index contributed by atoms with van der Waals surface area (Å²) in [7, 11) is 1.79. The number of rotatable bonds is 3. The van der Waals surface area contributed by atoms with Crippen molar-refractivity contribution >= 4 is 23.3 Å². The van der Waals surface area contributed by atoms with Crippen LogP contribution in [0.25, 0.3) is 11.6 Å². The summed E-state index contributed by atoms with van der Waals surface area (Å²) < 4.78 is 6.95. The van der Waals surface area contributed by atoms with Crippen molar-refractivity contribution in [2.24, 2.45) is 7.05 Å². The molecule has 0 unspecified atom stereocenters. The lowest BCUT2D eigenvalue weighted by Gasteiger charge is -1.95. The third-order valence-electron chi connectivity index (χ3n) is 2.32. The molecule has 0 aliphatic carbocycles. The van der Waals surface area contributed by atoms with Crippen molar-refractivity contribution in [2.45, 2.75) is 0 Å². The lowest BCUT2D eigenvalue weighted by molar-refractivity contribution is 0.102. The first-order chi connectivity index (χ1) is 9.22. The van der Waals surface area contributed by atoms with E-state index in [1.807, 2.05) is 5.38 Å². The average molecular weight is 275 g/mol. The zero-order valence-electron chi connectivity index (χ0n) is 9.90. The molecule has 0 aliphatic heterocycles. The van der Waals surface area contributed by atoms with Crippen LogP contribution in [0.3, 0.4) is 0 Å². The third-order valence-corrected chi connectivity index (χ3v) is 3.19. The maximum atomic E-state index is 11.8. The van der Waals surface area contributed by atoms with Gasteiger partial charge in [0.15, 0.2) is 0 Å². The molecule has 19 heavy (non-hydrogen) atoms. The molecule has 1 N–H and O–H groups in total. The Kier molecular flexibility index (Phi) is 2.84. The van der Waals surface area contributed by atoms with Crippen molar-refractivity contribution in [3.63, 3.8) is 0 Å². The highest BCUT2D eigenvalue weighted by Gasteiger charge is 2.14. The maximum Gasteiger partial charge on any atom is 0.322 e. The predicted molar refractivity (Wildman–Crippen MR) is 68.8 cm³/mol. The van der Waals surface area contributed by atoms with Crippen LogP contribution in [-0.2, 0) is 7.05 Å². The van der Waals surface area contributed by atoms with Crippen molar-refractivity contribution in [3.8, 4) is 11.6 Å². The van der Waals surface area contributed by atoms with Crippen LogP contribution < -0.4 is 5.32 Å². The molecule has 0 spiro atoms. The zero-order chi connectivity index (χ0) is 13.2. The van der Waals surface area contributed by atoms with Crippen LogP contribution in [-0.4, -0.2) is 25.9 Å². The van der Waals surface area contributed by atoms with E-state index in [1.165, 1.54) is 11.3 Å². The molecule has 0 atom stereocenters. The van der Waals surface area contributed by atoms with E-state index in [0.29, 0.717) is 10.6 Å². The first-order valence-corrected chi connectivity index (χ1v) is 6.29. The number of carbonyl (C=O) groups is 1. The van der Waals surface area contributed by atoms with Gasteiger partial charge in [0.25, 0.3) is 11.8 Å². The molecule has 3 rings (SSSR count). The number of carbonyl (C=O) groups excluding carboxylic acids is 1. The van der Waals surface area contributed by atoms with Crippen LogP contribution in [0.5, 0.6) is 0 Å². The fourth-order valence-electron chi connectivity index (χ4n) is 1.47. The topological polar surface area (TPSA) is 85.8 Å². The summed E-state index contributed by atoms with van der Waals surface area (Å²) in [4.78, 5) is 12.4. The SMILES string of the molecule is Cn1ccc(-c2nnc(NC(=O)c3cccs3)o2)n1. The molecule has 0 radical (unpaired) electrons. The Bertz CT molecular complexity index is 700. The van der Waals surface area contributed by atoms with Gasteiger partial charge in [-0.3, -0.25) is 14.8 Å². The highest BCUT2D eigenvalue weighted by Crippen LogP contribution is 2.18. The molecule has 3 aromatic rings.